The summed E-state index contributed by atoms with van der Waals surface area (Å²) in [4.78, 5) is 31.1. The minimum Gasteiger partial charge on any atom is -0.455 e. The van der Waals surface area contributed by atoms with Crippen molar-refractivity contribution in [2.75, 3.05) is 0 Å². The van der Waals surface area contributed by atoms with Gasteiger partial charge in [0.05, 0.1) is 10.9 Å². The standard InChI is InChI=1S/C28H22FN3O3/c1-17-24(33)21-12-7-13-22(26(21)35-25(17)18-8-4-3-5-9-18)28(34)31-23(27-30-14-15-32(27)2)19-10-6-11-20(29)16-19/h3-16,23H,1-2H3,(H,31,34). The van der Waals surface area contributed by atoms with Gasteiger partial charge >= 0.3 is 0 Å². The predicted octanol–water partition coefficient (Wildman–Crippen LogP) is 5.16. The van der Waals surface area contributed by atoms with Gasteiger partial charge in [-0.3, -0.25) is 9.59 Å². The molecule has 0 saturated carbocycles. The summed E-state index contributed by atoms with van der Waals surface area (Å²) in [5.74, 6) is 0.0505. The van der Waals surface area contributed by atoms with Crippen molar-refractivity contribution in [1.29, 1.82) is 0 Å². The number of carbonyl (C=O) groups is 1. The Labute approximate surface area is 200 Å². The second-order valence-corrected chi connectivity index (χ2v) is 8.29. The van der Waals surface area contributed by atoms with Crippen LogP contribution in [-0.4, -0.2) is 15.5 Å². The molecule has 0 aliphatic carbocycles. The molecule has 174 valence electrons. The van der Waals surface area contributed by atoms with E-state index in [-0.39, 0.29) is 16.6 Å². The summed E-state index contributed by atoms with van der Waals surface area (Å²) in [5, 5.41) is 3.27. The van der Waals surface area contributed by atoms with Crippen molar-refractivity contribution in [2.24, 2.45) is 7.05 Å². The highest BCUT2D eigenvalue weighted by Crippen LogP contribution is 2.28. The van der Waals surface area contributed by atoms with Crippen molar-refractivity contribution < 1.29 is 13.6 Å². The van der Waals surface area contributed by atoms with Crippen LogP contribution in [0, 0.1) is 12.7 Å². The van der Waals surface area contributed by atoms with Crippen LogP contribution in [0.1, 0.15) is 33.4 Å². The van der Waals surface area contributed by atoms with Crippen LogP contribution >= 0.6 is 0 Å². The van der Waals surface area contributed by atoms with Crippen LogP contribution in [-0.2, 0) is 7.05 Å². The van der Waals surface area contributed by atoms with Gasteiger partial charge in [0, 0.05) is 30.6 Å². The number of hydrogen-bond acceptors (Lipinski definition) is 4. The van der Waals surface area contributed by atoms with Crippen molar-refractivity contribution in [3.05, 3.63) is 124 Å². The molecule has 0 spiro atoms. The summed E-state index contributed by atoms with van der Waals surface area (Å²) >= 11 is 0. The van der Waals surface area contributed by atoms with Crippen molar-refractivity contribution in [1.82, 2.24) is 14.9 Å². The molecule has 0 saturated heterocycles. The number of amides is 1. The molecule has 0 bridgehead atoms. The lowest BCUT2D eigenvalue weighted by molar-refractivity contribution is 0.0941. The number of aryl methyl sites for hydroxylation is 1. The molecule has 2 heterocycles. The van der Waals surface area contributed by atoms with Gasteiger partial charge < -0.3 is 14.3 Å². The van der Waals surface area contributed by atoms with Gasteiger partial charge in [0.1, 0.15) is 23.4 Å². The number of nitrogens with zero attached hydrogens (tertiary/aromatic N) is 2. The van der Waals surface area contributed by atoms with Crippen LogP contribution in [0.15, 0.2) is 94.4 Å². The second kappa shape index (κ2) is 9.02. The van der Waals surface area contributed by atoms with Crippen molar-refractivity contribution >= 4 is 16.9 Å². The highest BCUT2D eigenvalue weighted by molar-refractivity contribution is 6.05. The van der Waals surface area contributed by atoms with Gasteiger partial charge in [0.15, 0.2) is 11.0 Å². The zero-order chi connectivity index (χ0) is 24.5. The van der Waals surface area contributed by atoms with E-state index in [4.69, 9.17) is 4.42 Å². The van der Waals surface area contributed by atoms with Gasteiger partial charge in [-0.05, 0) is 36.8 Å². The van der Waals surface area contributed by atoms with E-state index in [2.05, 4.69) is 10.3 Å². The first-order valence-corrected chi connectivity index (χ1v) is 11.1. The number of para-hydroxylation sites is 1. The van der Waals surface area contributed by atoms with E-state index >= 15 is 0 Å². The lowest BCUT2D eigenvalue weighted by Crippen LogP contribution is -2.31. The maximum atomic E-state index is 14.0. The van der Waals surface area contributed by atoms with Crippen LogP contribution in [0.2, 0.25) is 0 Å². The summed E-state index contributed by atoms with van der Waals surface area (Å²) in [6.07, 6.45) is 3.36. The van der Waals surface area contributed by atoms with E-state index in [9.17, 15) is 14.0 Å². The molecular weight excluding hydrogens is 445 g/mol. The Kier molecular flexibility index (Phi) is 5.74. The normalized spacial score (nSPS) is 12.0. The summed E-state index contributed by atoms with van der Waals surface area (Å²) in [6.45, 7) is 1.71. The van der Waals surface area contributed by atoms with Crippen LogP contribution in [0.25, 0.3) is 22.3 Å². The Hall–Kier alpha value is -4.52. The van der Waals surface area contributed by atoms with Crippen molar-refractivity contribution in [2.45, 2.75) is 13.0 Å². The van der Waals surface area contributed by atoms with Gasteiger partial charge in [0.2, 0.25) is 0 Å². The lowest BCUT2D eigenvalue weighted by atomic mass is 10.0. The van der Waals surface area contributed by atoms with E-state index < -0.39 is 17.8 Å². The Morgan fingerprint density at radius 3 is 2.54 bits per heavy atom. The van der Waals surface area contributed by atoms with E-state index in [0.29, 0.717) is 28.1 Å². The van der Waals surface area contributed by atoms with Crippen molar-refractivity contribution in [3.63, 3.8) is 0 Å². The quantitative estimate of drug-likeness (QED) is 0.387. The van der Waals surface area contributed by atoms with Gasteiger partial charge in [-0.2, -0.15) is 0 Å². The van der Waals surface area contributed by atoms with E-state index in [1.165, 1.54) is 12.1 Å². The van der Waals surface area contributed by atoms with Crippen LogP contribution < -0.4 is 10.7 Å². The fraction of sp³-hybridized carbons (Fsp3) is 0.107. The Balaban J connectivity index is 1.63. The largest absolute Gasteiger partial charge is 0.455 e. The Morgan fingerprint density at radius 2 is 1.83 bits per heavy atom. The highest BCUT2D eigenvalue weighted by Gasteiger charge is 2.24. The third-order valence-electron chi connectivity index (χ3n) is 6.00. The third-order valence-corrected chi connectivity index (χ3v) is 6.00. The summed E-state index contributed by atoms with van der Waals surface area (Å²) in [7, 11) is 1.80. The Bertz CT molecular complexity index is 1610. The maximum absolute atomic E-state index is 14.0. The van der Waals surface area contributed by atoms with Crippen molar-refractivity contribution in [3.8, 4) is 11.3 Å². The van der Waals surface area contributed by atoms with E-state index in [1.807, 2.05) is 30.3 Å². The van der Waals surface area contributed by atoms with E-state index in [0.717, 1.165) is 5.56 Å². The zero-order valence-corrected chi connectivity index (χ0v) is 19.2. The summed E-state index contributed by atoms with van der Waals surface area (Å²) in [5.41, 5.74) is 1.93. The molecular formula is C28H22FN3O3. The van der Waals surface area contributed by atoms with Gasteiger partial charge in [-0.1, -0.05) is 48.5 Å². The molecule has 1 amide bonds. The number of imidazole rings is 1. The second-order valence-electron chi connectivity index (χ2n) is 8.29. The fourth-order valence-corrected chi connectivity index (χ4v) is 4.20. The maximum Gasteiger partial charge on any atom is 0.255 e. The molecule has 0 aliphatic rings. The van der Waals surface area contributed by atoms with Crippen LogP contribution in [0.4, 0.5) is 4.39 Å². The number of hydrogen-bond donors (Lipinski definition) is 1. The molecule has 1 unspecified atom stereocenters. The van der Waals surface area contributed by atoms with Gasteiger partial charge in [-0.15, -0.1) is 0 Å². The fourth-order valence-electron chi connectivity index (χ4n) is 4.20. The molecule has 0 radical (unpaired) electrons. The number of halogens is 1. The average Bonchev–Trinajstić information content (AvgIpc) is 3.30. The molecule has 2 aromatic heterocycles. The molecule has 7 heteroatoms. The molecule has 1 N–H and O–H groups in total. The average molecular weight is 468 g/mol. The topological polar surface area (TPSA) is 77.1 Å². The number of rotatable bonds is 5. The molecule has 6 nitrogen and oxygen atoms in total. The molecule has 35 heavy (non-hydrogen) atoms. The monoisotopic (exact) mass is 467 g/mol. The number of nitrogens with one attached hydrogen (secondary N) is 1. The predicted molar refractivity (Wildman–Crippen MR) is 132 cm³/mol. The minimum absolute atomic E-state index is 0.192. The van der Waals surface area contributed by atoms with Gasteiger partial charge in [0.25, 0.3) is 5.91 Å². The molecule has 3 aromatic carbocycles. The number of benzene rings is 3. The number of carbonyl (C=O) groups excluding carboxylic acids is 1. The molecule has 0 aliphatic heterocycles. The molecule has 5 aromatic rings. The van der Waals surface area contributed by atoms with Gasteiger partial charge in [-0.25, -0.2) is 9.37 Å². The SMILES string of the molecule is Cc1c(-c2ccccc2)oc2c(C(=O)NC(c3cccc(F)c3)c3nccn3C)cccc2c1=O. The zero-order valence-electron chi connectivity index (χ0n) is 19.2. The first kappa shape index (κ1) is 22.3. The minimum atomic E-state index is -0.723. The number of fused-ring (bicyclic) bond motifs is 1. The first-order valence-electron chi connectivity index (χ1n) is 11.1. The molecule has 0 fully saturated rings. The molecule has 5 rings (SSSR count). The highest BCUT2D eigenvalue weighted by atomic mass is 19.1. The smallest absolute Gasteiger partial charge is 0.255 e. The lowest BCUT2D eigenvalue weighted by Gasteiger charge is -2.20. The first-order chi connectivity index (χ1) is 16.9. The Morgan fingerprint density at radius 1 is 1.06 bits per heavy atom. The molecule has 1 atom stereocenters. The summed E-state index contributed by atoms with van der Waals surface area (Å²) < 4.78 is 22.0. The van der Waals surface area contributed by atoms with Crippen LogP contribution in [0.3, 0.4) is 0 Å². The third kappa shape index (κ3) is 4.12. The number of aromatic nitrogens is 2. The van der Waals surface area contributed by atoms with E-state index in [1.54, 1.807) is 61.3 Å². The summed E-state index contributed by atoms with van der Waals surface area (Å²) in [6, 6.07) is 19.5. The van der Waals surface area contributed by atoms with Crippen LogP contribution in [0.5, 0.6) is 0 Å².